The Morgan fingerprint density at radius 2 is 1.84 bits per heavy atom. The minimum absolute atomic E-state index is 0.0543. The fourth-order valence-corrected chi connectivity index (χ4v) is 1.40. The van der Waals surface area contributed by atoms with E-state index in [1.54, 1.807) is 30.3 Å². The van der Waals surface area contributed by atoms with Crippen molar-refractivity contribution in [1.29, 1.82) is 0 Å². The van der Waals surface area contributed by atoms with Crippen LogP contribution in [0.4, 0.5) is 0 Å². The number of esters is 1. The third-order valence-corrected chi connectivity index (χ3v) is 2.37. The number of Topliss-reactive ketones (excluding diaryl/α,β-unsaturated/α-hetero) is 1. The van der Waals surface area contributed by atoms with Gasteiger partial charge in [0.2, 0.25) is 5.78 Å². The van der Waals surface area contributed by atoms with Crippen molar-refractivity contribution < 1.29 is 29.0 Å². The Kier molecular flexibility index (Phi) is 5.40. The highest BCUT2D eigenvalue weighted by Crippen LogP contribution is 2.12. The van der Waals surface area contributed by atoms with Crippen LogP contribution in [-0.2, 0) is 19.2 Å². The predicted molar refractivity (Wildman–Crippen MR) is 63.5 cm³/mol. The van der Waals surface area contributed by atoms with Gasteiger partial charge in [-0.05, 0) is 18.6 Å². The molecule has 6 heteroatoms. The van der Waals surface area contributed by atoms with E-state index in [2.05, 4.69) is 0 Å². The number of hydrogen-bond acceptors (Lipinski definition) is 5. The molecule has 1 atom stereocenters. The second-order valence-electron chi connectivity index (χ2n) is 3.74. The Hall–Kier alpha value is -2.50. The molecule has 0 aromatic heterocycles. The Bertz CT molecular complexity index is 479. The monoisotopic (exact) mass is 264 g/mol. The van der Waals surface area contributed by atoms with E-state index in [1.165, 1.54) is 0 Å². The van der Waals surface area contributed by atoms with Crippen LogP contribution in [0.2, 0.25) is 0 Å². The molecular weight excluding hydrogens is 252 g/mol. The van der Waals surface area contributed by atoms with E-state index in [0.717, 1.165) is 0 Å². The zero-order valence-corrected chi connectivity index (χ0v) is 9.94. The van der Waals surface area contributed by atoms with Crippen molar-refractivity contribution in [2.24, 2.45) is 5.92 Å². The molecule has 1 aromatic carbocycles. The SMILES string of the molecule is O=CC(=O)C(CCC(=O)Oc1ccccc1)C(=O)O. The van der Waals surface area contributed by atoms with Crippen molar-refractivity contribution >= 4 is 24.0 Å². The highest BCUT2D eigenvalue weighted by molar-refractivity contribution is 6.30. The van der Waals surface area contributed by atoms with Crippen LogP contribution in [0, 0.1) is 5.92 Å². The molecule has 0 heterocycles. The fraction of sp³-hybridized carbons (Fsp3) is 0.231. The number of benzene rings is 1. The van der Waals surface area contributed by atoms with Crippen LogP contribution in [0.3, 0.4) is 0 Å². The van der Waals surface area contributed by atoms with Gasteiger partial charge in [-0.15, -0.1) is 0 Å². The summed E-state index contributed by atoms with van der Waals surface area (Å²) in [6.45, 7) is 0. The summed E-state index contributed by atoms with van der Waals surface area (Å²) in [7, 11) is 0. The minimum atomic E-state index is -1.50. The van der Waals surface area contributed by atoms with E-state index in [1.807, 2.05) is 0 Å². The van der Waals surface area contributed by atoms with Crippen LogP contribution in [0.15, 0.2) is 30.3 Å². The molecule has 6 nitrogen and oxygen atoms in total. The van der Waals surface area contributed by atoms with Crippen molar-refractivity contribution in [3.05, 3.63) is 30.3 Å². The molecule has 1 aromatic rings. The normalized spacial score (nSPS) is 11.4. The lowest BCUT2D eigenvalue weighted by Crippen LogP contribution is -2.26. The summed E-state index contributed by atoms with van der Waals surface area (Å²) in [5.41, 5.74) is 0. The van der Waals surface area contributed by atoms with Crippen LogP contribution >= 0.6 is 0 Å². The number of carbonyl (C=O) groups is 4. The van der Waals surface area contributed by atoms with Gasteiger partial charge in [0, 0.05) is 6.42 Å². The highest BCUT2D eigenvalue weighted by Gasteiger charge is 2.26. The molecule has 100 valence electrons. The van der Waals surface area contributed by atoms with Gasteiger partial charge in [-0.25, -0.2) is 0 Å². The molecule has 0 radical (unpaired) electrons. The molecular formula is C13H12O6. The molecule has 0 aliphatic heterocycles. The third kappa shape index (κ3) is 4.71. The number of carboxylic acid groups (broad SMARTS) is 1. The smallest absolute Gasteiger partial charge is 0.314 e. The lowest BCUT2D eigenvalue weighted by molar-refractivity contribution is -0.148. The average Bonchev–Trinajstić information content (AvgIpc) is 2.39. The van der Waals surface area contributed by atoms with Crippen molar-refractivity contribution in [1.82, 2.24) is 0 Å². The summed E-state index contributed by atoms with van der Waals surface area (Å²) in [6.07, 6.45) is -0.578. The molecule has 0 saturated heterocycles. The molecule has 0 fully saturated rings. The van der Waals surface area contributed by atoms with Gasteiger partial charge in [0.1, 0.15) is 11.7 Å². The number of carbonyl (C=O) groups excluding carboxylic acids is 3. The first kappa shape index (κ1) is 14.6. The molecule has 0 spiro atoms. The zero-order valence-electron chi connectivity index (χ0n) is 9.94. The average molecular weight is 264 g/mol. The summed E-state index contributed by atoms with van der Waals surface area (Å²) < 4.78 is 4.93. The van der Waals surface area contributed by atoms with Gasteiger partial charge in [0.05, 0.1) is 0 Å². The van der Waals surface area contributed by atoms with Crippen molar-refractivity contribution in [2.75, 3.05) is 0 Å². The minimum Gasteiger partial charge on any atom is -0.481 e. The van der Waals surface area contributed by atoms with Gasteiger partial charge >= 0.3 is 11.9 Å². The number of para-hydroxylation sites is 1. The number of ether oxygens (including phenoxy) is 1. The van der Waals surface area contributed by atoms with Gasteiger partial charge in [-0.2, -0.15) is 0 Å². The number of hydrogen-bond donors (Lipinski definition) is 1. The molecule has 1 unspecified atom stereocenters. The summed E-state index contributed by atoms with van der Waals surface area (Å²) in [5, 5.41) is 8.75. The second kappa shape index (κ2) is 7.05. The molecule has 0 amide bonds. The van der Waals surface area contributed by atoms with Crippen molar-refractivity contribution in [3.63, 3.8) is 0 Å². The zero-order chi connectivity index (χ0) is 14.3. The first-order valence-electron chi connectivity index (χ1n) is 5.52. The third-order valence-electron chi connectivity index (χ3n) is 2.37. The van der Waals surface area contributed by atoms with E-state index >= 15 is 0 Å². The largest absolute Gasteiger partial charge is 0.481 e. The van der Waals surface area contributed by atoms with E-state index in [9.17, 15) is 19.2 Å². The Morgan fingerprint density at radius 3 is 2.37 bits per heavy atom. The lowest BCUT2D eigenvalue weighted by Gasteiger charge is -2.07. The van der Waals surface area contributed by atoms with Crippen LogP contribution in [0.1, 0.15) is 12.8 Å². The van der Waals surface area contributed by atoms with Crippen molar-refractivity contribution in [3.8, 4) is 5.75 Å². The Labute approximate surface area is 109 Å². The summed E-state index contributed by atoms with van der Waals surface area (Å²) in [5.74, 6) is -4.30. The van der Waals surface area contributed by atoms with Gasteiger partial charge in [-0.3, -0.25) is 19.2 Å². The van der Waals surface area contributed by atoms with Crippen molar-refractivity contribution in [2.45, 2.75) is 12.8 Å². The molecule has 0 saturated carbocycles. The number of aliphatic carboxylic acids is 1. The number of ketones is 1. The number of aldehydes is 1. The summed E-state index contributed by atoms with van der Waals surface area (Å²) in [6, 6.07) is 8.25. The lowest BCUT2D eigenvalue weighted by atomic mass is 9.99. The van der Waals surface area contributed by atoms with E-state index in [-0.39, 0.29) is 19.1 Å². The fourth-order valence-electron chi connectivity index (χ4n) is 1.40. The quantitative estimate of drug-likeness (QED) is 0.258. The standard InChI is InChI=1S/C13H12O6/c14-8-11(15)10(13(17)18)6-7-12(16)19-9-4-2-1-3-5-9/h1-5,8,10H,6-7H2,(H,17,18). The first-order valence-corrected chi connectivity index (χ1v) is 5.52. The second-order valence-corrected chi connectivity index (χ2v) is 3.74. The number of carboxylic acids is 1. The molecule has 0 bridgehead atoms. The number of rotatable bonds is 7. The van der Waals surface area contributed by atoms with Gasteiger partial charge in [0.15, 0.2) is 6.29 Å². The summed E-state index contributed by atoms with van der Waals surface area (Å²) in [4.78, 5) is 43.5. The summed E-state index contributed by atoms with van der Waals surface area (Å²) >= 11 is 0. The van der Waals surface area contributed by atoms with Gasteiger partial charge in [-0.1, -0.05) is 18.2 Å². The maximum atomic E-state index is 11.4. The Balaban J connectivity index is 2.51. The van der Waals surface area contributed by atoms with Crippen LogP contribution < -0.4 is 4.74 Å². The molecule has 19 heavy (non-hydrogen) atoms. The molecule has 0 aliphatic rings. The molecule has 1 N–H and O–H groups in total. The van der Waals surface area contributed by atoms with E-state index in [4.69, 9.17) is 9.84 Å². The Morgan fingerprint density at radius 1 is 1.21 bits per heavy atom. The predicted octanol–water partition coefficient (Wildman–Crippen LogP) is 0.841. The van der Waals surface area contributed by atoms with E-state index in [0.29, 0.717) is 5.75 Å². The van der Waals surface area contributed by atoms with Crippen LogP contribution in [0.5, 0.6) is 5.75 Å². The maximum Gasteiger partial charge on any atom is 0.314 e. The maximum absolute atomic E-state index is 11.4. The molecule has 0 aliphatic carbocycles. The van der Waals surface area contributed by atoms with Crippen LogP contribution in [0.25, 0.3) is 0 Å². The van der Waals surface area contributed by atoms with Gasteiger partial charge < -0.3 is 9.84 Å². The van der Waals surface area contributed by atoms with Crippen LogP contribution in [-0.4, -0.2) is 29.1 Å². The topological polar surface area (TPSA) is 97.7 Å². The molecule has 1 rings (SSSR count). The van der Waals surface area contributed by atoms with Gasteiger partial charge in [0.25, 0.3) is 0 Å². The highest BCUT2D eigenvalue weighted by atomic mass is 16.5. The first-order chi connectivity index (χ1) is 9.04. The van der Waals surface area contributed by atoms with E-state index < -0.39 is 23.6 Å².